The molecule has 2 unspecified atom stereocenters. The molecule has 3 amide bonds. The second-order valence-corrected chi connectivity index (χ2v) is 8.91. The highest BCUT2D eigenvalue weighted by Gasteiger charge is 2.45. The number of hydrogen-bond acceptors (Lipinski definition) is 6. The number of hydrogen-bond donors (Lipinski definition) is 0. The summed E-state index contributed by atoms with van der Waals surface area (Å²) in [5.41, 5.74) is 0.536. The van der Waals surface area contributed by atoms with Crippen LogP contribution in [0, 0.1) is 13.7 Å². The van der Waals surface area contributed by atoms with E-state index in [1.807, 2.05) is 0 Å². The maximum Gasteiger partial charge on any atom is 0.269 e. The quantitative estimate of drug-likeness (QED) is 0.237. The lowest BCUT2D eigenvalue weighted by Gasteiger charge is -2.30. The fourth-order valence-electron chi connectivity index (χ4n) is 3.97. The number of nitro benzene ring substituents is 1. The second-order valence-electron chi connectivity index (χ2n) is 7.66. The Kier molecular flexibility index (Phi) is 6.51. The molecule has 2 heterocycles. The van der Waals surface area contributed by atoms with Gasteiger partial charge in [0.2, 0.25) is 5.91 Å². The van der Waals surface area contributed by atoms with Crippen molar-refractivity contribution < 1.29 is 24.0 Å². The number of amides is 3. The molecule has 0 N–H and O–H groups in total. The first-order chi connectivity index (χ1) is 15.3. The molecule has 0 bridgehead atoms. The molecule has 0 saturated carbocycles. The molecule has 2 saturated heterocycles. The molecule has 10 heteroatoms. The van der Waals surface area contributed by atoms with Gasteiger partial charge in [0.15, 0.2) is 0 Å². The predicted molar refractivity (Wildman–Crippen MR) is 123 cm³/mol. The number of carbonyl (C=O) groups excluding carboxylic acids is 3. The number of carbonyl (C=O) groups is 3. The Labute approximate surface area is 197 Å². The Morgan fingerprint density at radius 1 is 1.16 bits per heavy atom. The first kappa shape index (κ1) is 22.3. The maximum atomic E-state index is 13.4. The van der Waals surface area contributed by atoms with Crippen LogP contribution >= 0.6 is 22.6 Å². The molecule has 2 fully saturated rings. The number of non-ortho nitro benzene ring substituents is 1. The standard InChI is InChI=1S/C22H20IN3O6/c23-15-5-9-16(10-6-15)25-20(27)12-19(22(25)29)24(13-18-2-1-11-32-18)21(28)14-3-7-17(8-4-14)26(30)31/h3-10,18-19H,1-2,11-13H2. The highest BCUT2D eigenvalue weighted by atomic mass is 127. The highest BCUT2D eigenvalue weighted by Crippen LogP contribution is 2.28. The zero-order valence-electron chi connectivity index (χ0n) is 17.0. The van der Waals surface area contributed by atoms with Crippen molar-refractivity contribution in [3.05, 3.63) is 67.8 Å². The molecule has 2 aliphatic rings. The molecule has 9 nitrogen and oxygen atoms in total. The van der Waals surface area contributed by atoms with Crippen LogP contribution < -0.4 is 4.90 Å². The molecule has 0 spiro atoms. The van der Waals surface area contributed by atoms with Gasteiger partial charge in [-0.2, -0.15) is 0 Å². The van der Waals surface area contributed by atoms with Crippen LogP contribution in [-0.4, -0.2) is 52.8 Å². The van der Waals surface area contributed by atoms with Crippen molar-refractivity contribution in [1.29, 1.82) is 0 Å². The largest absolute Gasteiger partial charge is 0.376 e. The van der Waals surface area contributed by atoms with Crippen LogP contribution in [0.5, 0.6) is 0 Å². The predicted octanol–water partition coefficient (Wildman–Crippen LogP) is 3.15. The summed E-state index contributed by atoms with van der Waals surface area (Å²) < 4.78 is 6.64. The van der Waals surface area contributed by atoms with Crippen LogP contribution in [0.1, 0.15) is 29.6 Å². The van der Waals surface area contributed by atoms with E-state index in [4.69, 9.17) is 4.74 Å². The third-order valence-corrected chi connectivity index (χ3v) is 6.31. The first-order valence-corrected chi connectivity index (χ1v) is 11.2. The lowest BCUT2D eigenvalue weighted by atomic mass is 10.1. The van der Waals surface area contributed by atoms with E-state index in [2.05, 4.69) is 22.6 Å². The number of benzene rings is 2. The molecule has 0 aliphatic carbocycles. The van der Waals surface area contributed by atoms with Gasteiger partial charge in [0.05, 0.1) is 23.1 Å². The maximum absolute atomic E-state index is 13.4. The molecule has 2 aromatic rings. The topological polar surface area (TPSA) is 110 Å². The van der Waals surface area contributed by atoms with Gasteiger partial charge < -0.3 is 9.64 Å². The summed E-state index contributed by atoms with van der Waals surface area (Å²) in [4.78, 5) is 52.3. The number of nitro groups is 1. The van der Waals surface area contributed by atoms with E-state index in [0.29, 0.717) is 12.3 Å². The van der Waals surface area contributed by atoms with E-state index in [-0.39, 0.29) is 36.2 Å². The van der Waals surface area contributed by atoms with E-state index in [1.54, 1.807) is 24.3 Å². The fourth-order valence-corrected chi connectivity index (χ4v) is 4.33. The SMILES string of the molecule is O=C1CC(N(CC2CCCO2)C(=O)c2ccc([N+](=O)[O-])cc2)C(=O)N1c1ccc(I)cc1. The molecule has 166 valence electrons. The zero-order valence-corrected chi connectivity index (χ0v) is 19.1. The van der Waals surface area contributed by atoms with E-state index < -0.39 is 22.8 Å². The van der Waals surface area contributed by atoms with Gasteiger partial charge in [-0.3, -0.25) is 24.5 Å². The lowest BCUT2D eigenvalue weighted by molar-refractivity contribution is -0.384. The summed E-state index contributed by atoms with van der Waals surface area (Å²) in [7, 11) is 0. The monoisotopic (exact) mass is 549 g/mol. The number of ether oxygens (including phenoxy) is 1. The van der Waals surface area contributed by atoms with Crippen LogP contribution in [0.15, 0.2) is 48.5 Å². The van der Waals surface area contributed by atoms with Crippen molar-refractivity contribution in [2.24, 2.45) is 0 Å². The van der Waals surface area contributed by atoms with Gasteiger partial charge in [-0.25, -0.2) is 4.90 Å². The van der Waals surface area contributed by atoms with Crippen molar-refractivity contribution in [1.82, 2.24) is 4.90 Å². The van der Waals surface area contributed by atoms with Crippen LogP contribution in [-0.2, 0) is 14.3 Å². The summed E-state index contributed by atoms with van der Waals surface area (Å²) in [5.74, 6) is -1.31. The van der Waals surface area contributed by atoms with Gasteiger partial charge >= 0.3 is 0 Å². The minimum absolute atomic E-state index is 0.129. The Morgan fingerprint density at radius 2 is 1.84 bits per heavy atom. The van der Waals surface area contributed by atoms with Crippen molar-refractivity contribution >= 4 is 51.7 Å². The average Bonchev–Trinajstić information content (AvgIpc) is 3.40. The molecule has 2 aliphatic heterocycles. The number of imide groups is 1. The molecule has 32 heavy (non-hydrogen) atoms. The first-order valence-electron chi connectivity index (χ1n) is 10.1. The summed E-state index contributed by atoms with van der Waals surface area (Å²) in [6.45, 7) is 0.747. The summed E-state index contributed by atoms with van der Waals surface area (Å²) in [5, 5.41) is 10.9. The molecule has 0 radical (unpaired) electrons. The van der Waals surface area contributed by atoms with Gasteiger partial charge in [-0.1, -0.05) is 0 Å². The van der Waals surface area contributed by atoms with Gasteiger partial charge in [0.25, 0.3) is 17.5 Å². The van der Waals surface area contributed by atoms with Crippen molar-refractivity contribution in [2.75, 3.05) is 18.1 Å². The Hall–Kier alpha value is -2.86. The molecule has 0 aromatic heterocycles. The fraction of sp³-hybridized carbons (Fsp3) is 0.318. The summed E-state index contributed by atoms with van der Waals surface area (Å²) in [6, 6.07) is 11.3. The molecular weight excluding hydrogens is 529 g/mol. The van der Waals surface area contributed by atoms with Gasteiger partial charge in [-0.15, -0.1) is 0 Å². The lowest BCUT2D eigenvalue weighted by Crippen LogP contribution is -2.48. The van der Waals surface area contributed by atoms with Gasteiger partial charge in [-0.05, 0) is 71.8 Å². The van der Waals surface area contributed by atoms with Crippen LogP contribution in [0.3, 0.4) is 0 Å². The van der Waals surface area contributed by atoms with Crippen molar-refractivity contribution in [3.8, 4) is 0 Å². The Balaban J connectivity index is 1.63. The van der Waals surface area contributed by atoms with Gasteiger partial charge in [0, 0.05) is 34.4 Å². The number of halogens is 1. The summed E-state index contributed by atoms with van der Waals surface area (Å²) in [6.07, 6.45) is 1.25. The van der Waals surface area contributed by atoms with E-state index in [0.717, 1.165) is 21.3 Å². The normalized spacial score (nSPS) is 20.6. The molecule has 2 aromatic carbocycles. The Morgan fingerprint density at radius 3 is 2.44 bits per heavy atom. The second kappa shape index (κ2) is 9.33. The molecule has 2 atom stereocenters. The van der Waals surface area contributed by atoms with Gasteiger partial charge in [0.1, 0.15) is 6.04 Å². The van der Waals surface area contributed by atoms with Crippen LogP contribution in [0.25, 0.3) is 0 Å². The zero-order chi connectivity index (χ0) is 22.8. The molecule has 4 rings (SSSR count). The smallest absolute Gasteiger partial charge is 0.269 e. The number of nitrogens with zero attached hydrogens (tertiary/aromatic N) is 3. The molecular formula is C22H20IN3O6. The van der Waals surface area contributed by atoms with E-state index in [9.17, 15) is 24.5 Å². The average molecular weight is 549 g/mol. The highest BCUT2D eigenvalue weighted by molar-refractivity contribution is 14.1. The summed E-state index contributed by atoms with van der Waals surface area (Å²) >= 11 is 2.14. The van der Waals surface area contributed by atoms with Crippen molar-refractivity contribution in [2.45, 2.75) is 31.4 Å². The number of rotatable bonds is 6. The van der Waals surface area contributed by atoms with E-state index >= 15 is 0 Å². The minimum atomic E-state index is -0.964. The van der Waals surface area contributed by atoms with Crippen molar-refractivity contribution in [3.63, 3.8) is 0 Å². The van der Waals surface area contributed by atoms with Crippen LogP contribution in [0.2, 0.25) is 0 Å². The Bertz CT molecular complexity index is 1050. The third kappa shape index (κ3) is 4.51. The minimum Gasteiger partial charge on any atom is -0.376 e. The van der Waals surface area contributed by atoms with E-state index in [1.165, 1.54) is 29.2 Å². The third-order valence-electron chi connectivity index (χ3n) is 5.59. The van der Waals surface area contributed by atoms with Crippen LogP contribution in [0.4, 0.5) is 11.4 Å². The number of anilines is 1.